The summed E-state index contributed by atoms with van der Waals surface area (Å²) in [5.41, 5.74) is 1.64. The highest BCUT2D eigenvalue weighted by molar-refractivity contribution is 9.10. The highest BCUT2D eigenvalue weighted by Gasteiger charge is 2.20. The van der Waals surface area contributed by atoms with E-state index in [1.807, 2.05) is 31.3 Å². The second-order valence-corrected chi connectivity index (χ2v) is 7.02. The van der Waals surface area contributed by atoms with Crippen molar-refractivity contribution in [2.45, 2.75) is 26.5 Å². The zero-order chi connectivity index (χ0) is 18.7. The Morgan fingerprint density at radius 1 is 1.54 bits per heavy atom. The highest BCUT2D eigenvalue weighted by atomic mass is 79.9. The standard InChI is InChI=1S/C18H22BrN5O2/c1-11(25-3)9-21-17(22-12(2)20)15-10-24-6-7-26-16-8-13(19)4-5-14(16)18(24)23-15/h4-5,8,10-11H,6-7,9H2,1-3H3,(H2,20,21,22). The van der Waals surface area contributed by atoms with Gasteiger partial charge in [0.05, 0.1) is 18.2 Å². The summed E-state index contributed by atoms with van der Waals surface area (Å²) >= 11 is 3.48. The maximum atomic E-state index is 7.72. The number of fused-ring (bicyclic) bond motifs is 3. The minimum absolute atomic E-state index is 0.0261. The van der Waals surface area contributed by atoms with E-state index in [0.717, 1.165) is 21.6 Å². The van der Waals surface area contributed by atoms with Crippen LogP contribution in [0.3, 0.4) is 0 Å². The number of aliphatic imine (C=N–C) groups is 1. The molecule has 0 fully saturated rings. The van der Waals surface area contributed by atoms with E-state index in [-0.39, 0.29) is 11.9 Å². The van der Waals surface area contributed by atoms with Crippen LogP contribution in [0.15, 0.2) is 33.9 Å². The van der Waals surface area contributed by atoms with Gasteiger partial charge in [-0.2, -0.15) is 0 Å². The lowest BCUT2D eigenvalue weighted by Crippen LogP contribution is -2.33. The fourth-order valence-electron chi connectivity index (χ4n) is 2.65. The lowest BCUT2D eigenvalue weighted by molar-refractivity contribution is 0.121. The minimum Gasteiger partial charge on any atom is -0.491 e. The van der Waals surface area contributed by atoms with Gasteiger partial charge < -0.3 is 19.4 Å². The molecule has 7 nitrogen and oxygen atoms in total. The Balaban J connectivity index is 1.98. The van der Waals surface area contributed by atoms with E-state index in [9.17, 15) is 0 Å². The van der Waals surface area contributed by atoms with E-state index in [0.29, 0.717) is 31.2 Å². The second kappa shape index (κ2) is 8.01. The summed E-state index contributed by atoms with van der Waals surface area (Å²) in [7, 11) is 1.67. The van der Waals surface area contributed by atoms with Crippen LogP contribution < -0.4 is 10.1 Å². The van der Waals surface area contributed by atoms with Gasteiger partial charge in [-0.3, -0.25) is 5.41 Å². The third-order valence-corrected chi connectivity index (χ3v) is 4.53. The number of imidazole rings is 1. The lowest BCUT2D eigenvalue weighted by atomic mass is 10.2. The number of benzene rings is 1. The van der Waals surface area contributed by atoms with Gasteiger partial charge in [-0.25, -0.2) is 9.98 Å². The predicted octanol–water partition coefficient (Wildman–Crippen LogP) is 3.07. The minimum atomic E-state index is 0.0261. The van der Waals surface area contributed by atoms with Crippen molar-refractivity contribution in [2.24, 2.45) is 4.99 Å². The average molecular weight is 420 g/mol. The van der Waals surface area contributed by atoms with Gasteiger partial charge in [0, 0.05) is 24.3 Å². The molecule has 1 aromatic carbocycles. The number of ether oxygens (including phenoxy) is 2. The quantitative estimate of drug-likeness (QED) is 0.588. The Hall–Kier alpha value is -2.19. The fourth-order valence-corrected chi connectivity index (χ4v) is 2.99. The number of methoxy groups -OCH3 is 1. The van der Waals surface area contributed by atoms with Crippen LogP contribution in [0, 0.1) is 5.41 Å². The molecule has 1 atom stereocenters. The molecule has 2 heterocycles. The molecule has 138 valence electrons. The molecule has 0 aliphatic carbocycles. The normalized spacial score (nSPS) is 14.7. The number of nitrogens with one attached hydrogen (secondary N) is 2. The summed E-state index contributed by atoms with van der Waals surface area (Å²) in [4.78, 5) is 9.08. The van der Waals surface area contributed by atoms with Gasteiger partial charge >= 0.3 is 0 Å². The molecule has 0 saturated carbocycles. The van der Waals surface area contributed by atoms with Crippen LogP contribution in [-0.4, -0.2) is 47.6 Å². The Labute approximate surface area is 161 Å². The molecule has 2 N–H and O–H groups in total. The molecule has 1 aliphatic heterocycles. The number of hydrogen-bond donors (Lipinski definition) is 2. The summed E-state index contributed by atoms with van der Waals surface area (Å²) in [6.45, 7) is 5.45. The number of halogens is 1. The first kappa shape index (κ1) is 18.6. The first-order valence-electron chi connectivity index (χ1n) is 8.38. The highest BCUT2D eigenvalue weighted by Crippen LogP contribution is 2.34. The fraction of sp³-hybridized carbons (Fsp3) is 0.389. The van der Waals surface area contributed by atoms with Crippen molar-refractivity contribution >= 4 is 27.6 Å². The molecule has 0 spiro atoms. The maximum Gasteiger partial charge on any atom is 0.155 e. The van der Waals surface area contributed by atoms with Crippen LogP contribution >= 0.6 is 15.9 Å². The summed E-state index contributed by atoms with van der Waals surface area (Å²) in [5.74, 6) is 2.42. The van der Waals surface area contributed by atoms with Gasteiger partial charge in [0.2, 0.25) is 0 Å². The summed E-state index contributed by atoms with van der Waals surface area (Å²) in [5, 5.41) is 11.0. The van der Waals surface area contributed by atoms with Crippen molar-refractivity contribution in [2.75, 3.05) is 20.3 Å². The Bertz CT molecular complexity index is 846. The topological polar surface area (TPSA) is 84.5 Å². The SMILES string of the molecule is COC(C)CN/C(=N\C(C)=N)c1cn2c(n1)-c1ccc(Br)cc1OCC2. The average Bonchev–Trinajstić information content (AvgIpc) is 2.94. The van der Waals surface area contributed by atoms with Gasteiger partial charge in [-0.15, -0.1) is 0 Å². The van der Waals surface area contributed by atoms with Crippen LogP contribution in [0.4, 0.5) is 0 Å². The summed E-state index contributed by atoms with van der Waals surface area (Å²) in [6.07, 6.45) is 1.97. The molecule has 0 saturated heterocycles. The Morgan fingerprint density at radius 3 is 3.08 bits per heavy atom. The molecular formula is C18H22BrN5O2. The van der Waals surface area contributed by atoms with E-state index in [4.69, 9.17) is 19.9 Å². The van der Waals surface area contributed by atoms with E-state index in [1.54, 1.807) is 14.0 Å². The zero-order valence-corrected chi connectivity index (χ0v) is 16.6. The van der Waals surface area contributed by atoms with Crippen LogP contribution in [0.2, 0.25) is 0 Å². The van der Waals surface area contributed by atoms with Crippen LogP contribution in [0.5, 0.6) is 5.75 Å². The van der Waals surface area contributed by atoms with Gasteiger partial charge in [-0.1, -0.05) is 15.9 Å². The van der Waals surface area contributed by atoms with Crippen molar-refractivity contribution < 1.29 is 9.47 Å². The molecule has 2 aromatic rings. The molecule has 0 bridgehead atoms. The lowest BCUT2D eigenvalue weighted by Gasteiger charge is -2.12. The largest absolute Gasteiger partial charge is 0.491 e. The van der Waals surface area contributed by atoms with E-state index >= 15 is 0 Å². The van der Waals surface area contributed by atoms with Crippen molar-refractivity contribution in [1.29, 1.82) is 5.41 Å². The molecule has 0 amide bonds. The van der Waals surface area contributed by atoms with Crippen LogP contribution in [-0.2, 0) is 11.3 Å². The van der Waals surface area contributed by atoms with Gasteiger partial charge in [0.15, 0.2) is 5.84 Å². The monoisotopic (exact) mass is 419 g/mol. The van der Waals surface area contributed by atoms with Crippen molar-refractivity contribution in [3.05, 3.63) is 34.6 Å². The van der Waals surface area contributed by atoms with Crippen LogP contribution in [0.1, 0.15) is 19.5 Å². The van der Waals surface area contributed by atoms with Crippen molar-refractivity contribution in [1.82, 2.24) is 14.9 Å². The predicted molar refractivity (Wildman–Crippen MR) is 105 cm³/mol. The number of hydrogen-bond acceptors (Lipinski definition) is 4. The number of rotatable bonds is 4. The zero-order valence-electron chi connectivity index (χ0n) is 15.0. The maximum absolute atomic E-state index is 7.72. The van der Waals surface area contributed by atoms with E-state index in [1.165, 1.54) is 0 Å². The first-order chi connectivity index (χ1) is 12.5. The van der Waals surface area contributed by atoms with E-state index in [2.05, 4.69) is 30.8 Å². The molecule has 3 rings (SSSR count). The number of aromatic nitrogens is 2. The Morgan fingerprint density at radius 2 is 2.35 bits per heavy atom. The van der Waals surface area contributed by atoms with Gasteiger partial charge in [0.1, 0.15) is 29.7 Å². The van der Waals surface area contributed by atoms with Crippen molar-refractivity contribution in [3.63, 3.8) is 0 Å². The third-order valence-electron chi connectivity index (χ3n) is 4.03. The molecule has 1 unspecified atom stereocenters. The molecule has 1 aliphatic rings. The molecule has 0 radical (unpaired) electrons. The smallest absolute Gasteiger partial charge is 0.155 e. The van der Waals surface area contributed by atoms with Crippen molar-refractivity contribution in [3.8, 4) is 17.1 Å². The Kier molecular flexibility index (Phi) is 5.73. The summed E-state index contributed by atoms with van der Waals surface area (Å²) < 4.78 is 14.1. The third kappa shape index (κ3) is 4.13. The van der Waals surface area contributed by atoms with E-state index < -0.39 is 0 Å². The number of amidine groups is 2. The number of nitrogens with zero attached hydrogens (tertiary/aromatic N) is 3. The second-order valence-electron chi connectivity index (χ2n) is 6.11. The molecule has 1 aromatic heterocycles. The molecule has 8 heteroatoms. The summed E-state index contributed by atoms with van der Waals surface area (Å²) in [6, 6.07) is 5.92. The molecular weight excluding hydrogens is 398 g/mol. The van der Waals surface area contributed by atoms with Gasteiger partial charge in [0.25, 0.3) is 0 Å². The first-order valence-corrected chi connectivity index (χ1v) is 9.18. The van der Waals surface area contributed by atoms with Gasteiger partial charge in [-0.05, 0) is 32.0 Å². The van der Waals surface area contributed by atoms with Crippen LogP contribution in [0.25, 0.3) is 11.4 Å². The molecule has 26 heavy (non-hydrogen) atoms.